The minimum atomic E-state index is -2.22. The lowest BCUT2D eigenvalue weighted by atomic mass is 10.0. The first-order valence-corrected chi connectivity index (χ1v) is 8.91. The lowest BCUT2D eigenvalue weighted by Gasteiger charge is -2.43. The molecule has 2 rings (SSSR count). The highest BCUT2D eigenvalue weighted by atomic mass is 35.5. The topological polar surface area (TPSA) is 129 Å². The molecule has 0 unspecified atom stereocenters. The van der Waals surface area contributed by atoms with Gasteiger partial charge in [0, 0.05) is 0 Å². The summed E-state index contributed by atoms with van der Waals surface area (Å²) in [7, 11) is 0. The van der Waals surface area contributed by atoms with Crippen LogP contribution in [0.3, 0.4) is 0 Å². The number of halogens is 4. The third-order valence-corrected chi connectivity index (χ3v) is 5.85. The van der Waals surface area contributed by atoms with Gasteiger partial charge in [0.1, 0.15) is 29.8 Å². The van der Waals surface area contributed by atoms with Crippen molar-refractivity contribution < 1.29 is 39.7 Å². The van der Waals surface area contributed by atoms with Crippen molar-refractivity contribution in [2.45, 2.75) is 53.0 Å². The van der Waals surface area contributed by atoms with Gasteiger partial charge in [0.05, 0.1) is 23.7 Å². The Labute approximate surface area is 157 Å². The van der Waals surface area contributed by atoms with Crippen LogP contribution >= 0.6 is 46.4 Å². The van der Waals surface area contributed by atoms with Gasteiger partial charge in [-0.1, -0.05) is 0 Å². The average molecular weight is 432 g/mol. The lowest BCUT2D eigenvalue weighted by Crippen LogP contribution is -2.60. The fraction of sp³-hybridized carbons (Fsp3) is 1.00. The van der Waals surface area contributed by atoms with Crippen LogP contribution in [0, 0.1) is 0 Å². The Balaban J connectivity index is 2.23. The van der Waals surface area contributed by atoms with Crippen LogP contribution in [0.4, 0.5) is 0 Å². The molecule has 24 heavy (non-hydrogen) atoms. The number of ether oxygens (including phenoxy) is 3. The Bertz CT molecular complexity index is 445. The first kappa shape index (κ1) is 21.1. The highest BCUT2D eigenvalue weighted by Gasteiger charge is 2.64. The average Bonchev–Trinajstić information content (AvgIpc) is 2.77. The molecular formula is C12H18Cl4O8. The third kappa shape index (κ3) is 3.49. The minimum Gasteiger partial charge on any atom is -0.394 e. The summed E-state index contributed by atoms with van der Waals surface area (Å²) >= 11 is 23.4. The van der Waals surface area contributed by atoms with E-state index in [0.29, 0.717) is 0 Å². The van der Waals surface area contributed by atoms with Gasteiger partial charge in [-0.3, -0.25) is 0 Å². The second-order valence-corrected chi connectivity index (χ2v) is 7.15. The Morgan fingerprint density at radius 3 is 2.12 bits per heavy atom. The van der Waals surface area contributed by atoms with Gasteiger partial charge in [-0.15, -0.1) is 46.4 Å². The molecule has 0 saturated carbocycles. The molecule has 12 heteroatoms. The summed E-state index contributed by atoms with van der Waals surface area (Å²) in [5.74, 6) is -5.16. The molecule has 5 N–H and O–H groups in total. The molecule has 142 valence electrons. The molecule has 2 heterocycles. The maximum Gasteiger partial charge on any atom is 0.210 e. The molecule has 2 saturated heterocycles. The van der Waals surface area contributed by atoms with Gasteiger partial charge in [0.25, 0.3) is 0 Å². The highest BCUT2D eigenvalue weighted by Crippen LogP contribution is 2.44. The number of hydrogen-bond donors (Lipinski definition) is 5. The molecule has 2 aliphatic rings. The lowest BCUT2D eigenvalue weighted by molar-refractivity contribution is -0.368. The van der Waals surface area contributed by atoms with Crippen LogP contribution < -0.4 is 0 Å². The molecule has 0 bridgehead atoms. The van der Waals surface area contributed by atoms with Crippen molar-refractivity contribution in [2.75, 3.05) is 18.4 Å². The van der Waals surface area contributed by atoms with Crippen LogP contribution in [-0.2, 0) is 14.2 Å². The SMILES string of the molecule is OC[C@H]1O[C@H](O[C@]2(CCl)O[C@](O)(CCl)[C@@H](O)[C@@H]2Cl)[C@H](O)[C@@H](Cl)[C@H]1O. The zero-order valence-corrected chi connectivity index (χ0v) is 15.2. The number of alkyl halides is 4. The third-order valence-electron chi connectivity index (χ3n) is 4.00. The van der Waals surface area contributed by atoms with Crippen molar-refractivity contribution in [1.82, 2.24) is 0 Å². The van der Waals surface area contributed by atoms with E-state index in [1.807, 2.05) is 0 Å². The first-order valence-electron chi connectivity index (χ1n) is 6.96. The molecule has 0 aliphatic carbocycles. The Kier molecular flexibility index (Phi) is 6.90. The van der Waals surface area contributed by atoms with Crippen molar-refractivity contribution in [1.29, 1.82) is 0 Å². The van der Waals surface area contributed by atoms with Crippen LogP contribution in [0.1, 0.15) is 0 Å². The molecule has 0 aromatic rings. The van der Waals surface area contributed by atoms with E-state index in [9.17, 15) is 25.5 Å². The predicted molar refractivity (Wildman–Crippen MR) is 84.3 cm³/mol. The molecule has 0 spiro atoms. The van der Waals surface area contributed by atoms with Gasteiger partial charge in [0.2, 0.25) is 11.6 Å². The molecular weight excluding hydrogens is 414 g/mol. The van der Waals surface area contributed by atoms with Crippen molar-refractivity contribution in [3.05, 3.63) is 0 Å². The monoisotopic (exact) mass is 430 g/mol. The zero-order valence-electron chi connectivity index (χ0n) is 12.1. The standard InChI is InChI=1S/C12H18Cl4O8/c13-2-11(21)9(20)8(16)12(3-14,24-11)23-10-7(19)5(15)6(18)4(1-17)22-10/h4-10,17-21H,1-3H2/t4-,5+,6+,7-,8+,9+,10-,11-,12-/m1/s1. The molecule has 0 aromatic heterocycles. The maximum atomic E-state index is 10.2. The molecule has 2 aliphatic heterocycles. The Morgan fingerprint density at radius 2 is 1.67 bits per heavy atom. The number of aliphatic hydroxyl groups excluding tert-OH is 4. The molecule has 8 nitrogen and oxygen atoms in total. The minimum absolute atomic E-state index is 0.455. The van der Waals surface area contributed by atoms with Crippen LogP contribution in [-0.4, -0.2) is 96.9 Å². The smallest absolute Gasteiger partial charge is 0.210 e. The second-order valence-electron chi connectivity index (χ2n) is 5.64. The molecule has 0 aromatic carbocycles. The molecule has 9 atom stereocenters. The van der Waals surface area contributed by atoms with Gasteiger partial charge in [0.15, 0.2) is 6.29 Å². The quantitative estimate of drug-likeness (QED) is 0.347. The van der Waals surface area contributed by atoms with Gasteiger partial charge in [-0.05, 0) is 0 Å². The predicted octanol–water partition coefficient (Wildman–Crippen LogP) is -1.09. The van der Waals surface area contributed by atoms with Gasteiger partial charge in [-0.2, -0.15) is 0 Å². The van der Waals surface area contributed by atoms with Crippen molar-refractivity contribution in [3.8, 4) is 0 Å². The fourth-order valence-corrected chi connectivity index (χ4v) is 3.77. The van der Waals surface area contributed by atoms with E-state index in [0.717, 1.165) is 0 Å². The van der Waals surface area contributed by atoms with Crippen LogP contribution in [0.25, 0.3) is 0 Å². The number of rotatable bonds is 5. The van der Waals surface area contributed by atoms with Crippen molar-refractivity contribution in [3.63, 3.8) is 0 Å². The Morgan fingerprint density at radius 1 is 1.04 bits per heavy atom. The zero-order chi connectivity index (χ0) is 18.3. The summed E-state index contributed by atoms with van der Waals surface area (Å²) in [6.07, 6.45) is -7.15. The number of hydrogen-bond acceptors (Lipinski definition) is 8. The summed E-state index contributed by atoms with van der Waals surface area (Å²) in [4.78, 5) is 0. The van der Waals surface area contributed by atoms with Crippen LogP contribution in [0.15, 0.2) is 0 Å². The first-order chi connectivity index (χ1) is 11.2. The van der Waals surface area contributed by atoms with Crippen LogP contribution in [0.5, 0.6) is 0 Å². The maximum absolute atomic E-state index is 10.2. The summed E-state index contributed by atoms with van der Waals surface area (Å²) in [5.41, 5.74) is 0. The van der Waals surface area contributed by atoms with E-state index in [1.165, 1.54) is 0 Å². The van der Waals surface area contributed by atoms with E-state index in [1.54, 1.807) is 0 Å². The van der Waals surface area contributed by atoms with Gasteiger partial charge < -0.3 is 39.7 Å². The van der Waals surface area contributed by atoms with Gasteiger partial charge in [-0.25, -0.2) is 0 Å². The van der Waals surface area contributed by atoms with Gasteiger partial charge >= 0.3 is 0 Å². The van der Waals surface area contributed by atoms with E-state index >= 15 is 0 Å². The van der Waals surface area contributed by atoms with Crippen molar-refractivity contribution in [2.24, 2.45) is 0 Å². The van der Waals surface area contributed by atoms with E-state index < -0.39 is 71.4 Å². The normalized spacial score (nSPS) is 52.6. The van der Waals surface area contributed by atoms with E-state index in [4.69, 9.17) is 60.6 Å². The molecule has 0 radical (unpaired) electrons. The largest absolute Gasteiger partial charge is 0.394 e. The molecule has 2 fully saturated rings. The molecule has 0 amide bonds. The number of aliphatic hydroxyl groups is 5. The van der Waals surface area contributed by atoms with Crippen LogP contribution in [0.2, 0.25) is 0 Å². The van der Waals surface area contributed by atoms with E-state index in [-0.39, 0.29) is 0 Å². The fourth-order valence-electron chi connectivity index (χ4n) is 2.55. The summed E-state index contributed by atoms with van der Waals surface area (Å²) in [6.45, 7) is -0.593. The highest BCUT2D eigenvalue weighted by molar-refractivity contribution is 6.24. The van der Waals surface area contributed by atoms with E-state index in [2.05, 4.69) is 0 Å². The summed E-state index contributed by atoms with van der Waals surface area (Å²) in [5, 5.41) is 46.8. The second kappa shape index (κ2) is 7.84. The Hall–Kier alpha value is 0.840. The summed E-state index contributed by atoms with van der Waals surface area (Å²) < 4.78 is 16.0. The summed E-state index contributed by atoms with van der Waals surface area (Å²) in [6, 6.07) is 0. The van der Waals surface area contributed by atoms with Crippen molar-refractivity contribution >= 4 is 46.4 Å².